The third-order valence-corrected chi connectivity index (χ3v) is 3.62. The van der Waals surface area contributed by atoms with Crippen molar-refractivity contribution in [3.05, 3.63) is 35.6 Å². The predicted molar refractivity (Wildman–Crippen MR) is 73.0 cm³/mol. The Hall–Kier alpha value is -0.930. The lowest BCUT2D eigenvalue weighted by Crippen LogP contribution is -2.42. The molecule has 0 radical (unpaired) electrons. The maximum absolute atomic E-state index is 13.5. The Kier molecular flexibility index (Phi) is 5.14. The lowest BCUT2D eigenvalue weighted by atomic mass is 10.0. The number of benzene rings is 1. The number of piperidine rings is 1. The summed E-state index contributed by atoms with van der Waals surface area (Å²) in [5.74, 6) is -0.0799. The summed E-state index contributed by atoms with van der Waals surface area (Å²) < 4.78 is 13.5. The van der Waals surface area contributed by atoms with E-state index in [0.29, 0.717) is 6.04 Å². The van der Waals surface area contributed by atoms with E-state index in [2.05, 4.69) is 17.1 Å². The van der Waals surface area contributed by atoms with Crippen LogP contribution in [0.4, 0.5) is 4.39 Å². The molecule has 1 aliphatic rings. The highest BCUT2D eigenvalue weighted by atomic mass is 19.1. The Balaban J connectivity index is 1.78. The first-order chi connectivity index (χ1) is 8.79. The van der Waals surface area contributed by atoms with E-state index in [1.165, 1.54) is 19.3 Å². The van der Waals surface area contributed by atoms with Crippen molar-refractivity contribution in [1.82, 2.24) is 10.2 Å². The standard InChI is InChI=1S/C15H23FN2/c1-2-9-17-14-7-10-18(11-8-14)12-13-5-3-4-6-15(13)16/h3-6,14,17H,2,7-12H2,1H3. The highest BCUT2D eigenvalue weighted by Crippen LogP contribution is 2.15. The van der Waals surface area contributed by atoms with Crippen LogP contribution in [-0.4, -0.2) is 30.6 Å². The van der Waals surface area contributed by atoms with Crippen molar-refractivity contribution in [3.8, 4) is 0 Å². The highest BCUT2D eigenvalue weighted by molar-refractivity contribution is 5.17. The number of hydrogen-bond acceptors (Lipinski definition) is 2. The second kappa shape index (κ2) is 6.86. The van der Waals surface area contributed by atoms with Crippen LogP contribution < -0.4 is 5.32 Å². The van der Waals surface area contributed by atoms with Gasteiger partial charge in [-0.1, -0.05) is 25.1 Å². The minimum Gasteiger partial charge on any atom is -0.314 e. The summed E-state index contributed by atoms with van der Waals surface area (Å²) in [6, 6.07) is 7.75. The molecule has 2 rings (SSSR count). The summed E-state index contributed by atoms with van der Waals surface area (Å²) >= 11 is 0. The van der Waals surface area contributed by atoms with Gasteiger partial charge in [0.2, 0.25) is 0 Å². The molecule has 1 aliphatic heterocycles. The van der Waals surface area contributed by atoms with E-state index < -0.39 is 0 Å². The van der Waals surface area contributed by atoms with Crippen LogP contribution in [0.2, 0.25) is 0 Å². The SMILES string of the molecule is CCCNC1CCN(Cc2ccccc2F)CC1. The molecule has 1 heterocycles. The maximum Gasteiger partial charge on any atom is 0.127 e. The molecule has 0 saturated carbocycles. The Morgan fingerprint density at radius 3 is 2.67 bits per heavy atom. The van der Waals surface area contributed by atoms with Crippen molar-refractivity contribution in [1.29, 1.82) is 0 Å². The average Bonchev–Trinajstić information content (AvgIpc) is 2.41. The third-order valence-electron chi connectivity index (χ3n) is 3.62. The lowest BCUT2D eigenvalue weighted by molar-refractivity contribution is 0.189. The Morgan fingerprint density at radius 1 is 1.28 bits per heavy atom. The Labute approximate surface area is 109 Å². The summed E-state index contributed by atoms with van der Waals surface area (Å²) in [7, 11) is 0. The summed E-state index contributed by atoms with van der Waals surface area (Å²) in [6.07, 6.45) is 3.54. The largest absolute Gasteiger partial charge is 0.314 e. The van der Waals surface area contributed by atoms with Crippen molar-refractivity contribution in [3.63, 3.8) is 0 Å². The van der Waals surface area contributed by atoms with Gasteiger partial charge in [0.25, 0.3) is 0 Å². The van der Waals surface area contributed by atoms with Crippen LogP contribution in [0.25, 0.3) is 0 Å². The van der Waals surface area contributed by atoms with E-state index in [0.717, 1.165) is 31.7 Å². The number of halogens is 1. The lowest BCUT2D eigenvalue weighted by Gasteiger charge is -2.32. The first-order valence-electron chi connectivity index (χ1n) is 6.98. The van der Waals surface area contributed by atoms with E-state index in [9.17, 15) is 4.39 Å². The van der Waals surface area contributed by atoms with Gasteiger partial charge in [0, 0.05) is 18.2 Å². The summed E-state index contributed by atoms with van der Waals surface area (Å²) in [6.45, 7) is 6.18. The second-order valence-electron chi connectivity index (χ2n) is 5.10. The van der Waals surface area contributed by atoms with Crippen molar-refractivity contribution in [2.24, 2.45) is 0 Å². The number of hydrogen-bond donors (Lipinski definition) is 1. The van der Waals surface area contributed by atoms with E-state index in [1.54, 1.807) is 12.1 Å². The smallest absolute Gasteiger partial charge is 0.127 e. The van der Waals surface area contributed by atoms with Crippen molar-refractivity contribution >= 4 is 0 Å². The second-order valence-corrected chi connectivity index (χ2v) is 5.10. The topological polar surface area (TPSA) is 15.3 Å². The first-order valence-corrected chi connectivity index (χ1v) is 6.98. The molecule has 1 N–H and O–H groups in total. The van der Waals surface area contributed by atoms with Gasteiger partial charge in [0.05, 0.1) is 0 Å². The van der Waals surface area contributed by atoms with Crippen LogP contribution in [0.1, 0.15) is 31.7 Å². The fourth-order valence-electron chi connectivity index (χ4n) is 2.51. The van der Waals surface area contributed by atoms with Crippen LogP contribution >= 0.6 is 0 Å². The fourth-order valence-corrected chi connectivity index (χ4v) is 2.51. The molecular weight excluding hydrogens is 227 g/mol. The van der Waals surface area contributed by atoms with Crippen molar-refractivity contribution in [2.45, 2.75) is 38.8 Å². The fraction of sp³-hybridized carbons (Fsp3) is 0.600. The zero-order valence-corrected chi connectivity index (χ0v) is 11.2. The average molecular weight is 250 g/mol. The molecule has 0 unspecified atom stereocenters. The van der Waals surface area contributed by atoms with E-state index in [-0.39, 0.29) is 5.82 Å². The molecule has 0 bridgehead atoms. The van der Waals surface area contributed by atoms with Crippen LogP contribution in [0.3, 0.4) is 0 Å². The molecule has 0 aromatic heterocycles. The van der Waals surface area contributed by atoms with Gasteiger partial charge in [-0.25, -0.2) is 4.39 Å². The van der Waals surface area contributed by atoms with Gasteiger partial charge in [-0.15, -0.1) is 0 Å². The minimum absolute atomic E-state index is 0.0799. The number of rotatable bonds is 5. The van der Waals surface area contributed by atoms with Gasteiger partial charge in [-0.2, -0.15) is 0 Å². The predicted octanol–water partition coefficient (Wildman–Crippen LogP) is 2.79. The van der Waals surface area contributed by atoms with E-state index >= 15 is 0 Å². The van der Waals surface area contributed by atoms with Gasteiger partial charge < -0.3 is 5.32 Å². The molecule has 1 aromatic carbocycles. The molecule has 2 nitrogen and oxygen atoms in total. The monoisotopic (exact) mass is 250 g/mol. The molecule has 0 amide bonds. The van der Waals surface area contributed by atoms with Gasteiger partial charge in [0.15, 0.2) is 0 Å². The van der Waals surface area contributed by atoms with Crippen molar-refractivity contribution < 1.29 is 4.39 Å². The molecule has 3 heteroatoms. The molecule has 18 heavy (non-hydrogen) atoms. The van der Waals surface area contributed by atoms with E-state index in [4.69, 9.17) is 0 Å². The number of nitrogens with zero attached hydrogens (tertiary/aromatic N) is 1. The first kappa shape index (κ1) is 13.5. The number of likely N-dealkylation sites (tertiary alicyclic amines) is 1. The highest BCUT2D eigenvalue weighted by Gasteiger charge is 2.19. The minimum atomic E-state index is -0.0799. The zero-order chi connectivity index (χ0) is 12.8. The normalized spacial score (nSPS) is 18.1. The van der Waals surface area contributed by atoms with Gasteiger partial charge in [-0.05, 0) is 45.0 Å². The Bertz CT molecular complexity index is 359. The van der Waals surface area contributed by atoms with Crippen LogP contribution in [0.15, 0.2) is 24.3 Å². The molecule has 1 saturated heterocycles. The molecule has 1 fully saturated rings. The molecule has 1 aromatic rings. The van der Waals surface area contributed by atoms with E-state index in [1.807, 2.05) is 12.1 Å². The maximum atomic E-state index is 13.5. The number of nitrogens with one attached hydrogen (secondary N) is 1. The van der Waals surface area contributed by atoms with Gasteiger partial charge in [-0.3, -0.25) is 4.90 Å². The van der Waals surface area contributed by atoms with Crippen LogP contribution in [0.5, 0.6) is 0 Å². The van der Waals surface area contributed by atoms with Crippen LogP contribution in [0, 0.1) is 5.82 Å². The van der Waals surface area contributed by atoms with Gasteiger partial charge >= 0.3 is 0 Å². The van der Waals surface area contributed by atoms with Crippen molar-refractivity contribution in [2.75, 3.05) is 19.6 Å². The molecule has 0 atom stereocenters. The zero-order valence-electron chi connectivity index (χ0n) is 11.2. The molecule has 100 valence electrons. The third kappa shape index (κ3) is 3.79. The van der Waals surface area contributed by atoms with Crippen LogP contribution in [-0.2, 0) is 6.54 Å². The summed E-state index contributed by atoms with van der Waals surface area (Å²) in [5.41, 5.74) is 0.817. The quantitative estimate of drug-likeness (QED) is 0.864. The Morgan fingerprint density at radius 2 is 2.00 bits per heavy atom. The summed E-state index contributed by atoms with van der Waals surface area (Å²) in [5, 5.41) is 3.57. The van der Waals surface area contributed by atoms with Gasteiger partial charge in [0.1, 0.15) is 5.82 Å². The summed E-state index contributed by atoms with van der Waals surface area (Å²) in [4.78, 5) is 2.35. The molecular formula is C15H23FN2. The molecule has 0 aliphatic carbocycles. The molecule has 0 spiro atoms.